The van der Waals surface area contributed by atoms with Gasteiger partial charge in [-0.2, -0.15) is 11.3 Å². The standard InChI is InChI=1S/C16H17NOS/c1-2-3-8-16(18)17-11-13-6-4-5-7-15(13)14-9-10-19-12-14/h2,4-7,9-10,12H,1,3,8,11H2,(H,17,18). The molecule has 0 aliphatic heterocycles. The SMILES string of the molecule is C=CCCC(=O)NCc1ccccc1-c1ccsc1. The Hall–Kier alpha value is -1.87. The van der Waals surface area contributed by atoms with Crippen LogP contribution in [0.25, 0.3) is 11.1 Å². The van der Waals surface area contributed by atoms with Gasteiger partial charge in [0, 0.05) is 13.0 Å². The summed E-state index contributed by atoms with van der Waals surface area (Å²) in [7, 11) is 0. The molecule has 2 nitrogen and oxygen atoms in total. The van der Waals surface area contributed by atoms with Crippen molar-refractivity contribution < 1.29 is 4.79 Å². The largest absolute Gasteiger partial charge is 0.352 e. The maximum Gasteiger partial charge on any atom is 0.220 e. The fraction of sp³-hybridized carbons (Fsp3) is 0.188. The quantitative estimate of drug-likeness (QED) is 0.791. The van der Waals surface area contributed by atoms with Crippen LogP contribution in [-0.4, -0.2) is 5.91 Å². The minimum atomic E-state index is 0.0695. The molecule has 0 radical (unpaired) electrons. The number of hydrogen-bond acceptors (Lipinski definition) is 2. The van der Waals surface area contributed by atoms with Crippen molar-refractivity contribution in [3.05, 3.63) is 59.3 Å². The third-order valence-corrected chi connectivity index (χ3v) is 3.58. The van der Waals surface area contributed by atoms with Gasteiger partial charge >= 0.3 is 0 Å². The van der Waals surface area contributed by atoms with E-state index in [-0.39, 0.29) is 5.91 Å². The normalized spacial score (nSPS) is 10.1. The van der Waals surface area contributed by atoms with Crippen LogP contribution < -0.4 is 5.32 Å². The Morgan fingerprint density at radius 2 is 2.16 bits per heavy atom. The molecular weight excluding hydrogens is 254 g/mol. The number of benzene rings is 1. The van der Waals surface area contributed by atoms with Crippen LogP contribution in [0.1, 0.15) is 18.4 Å². The average molecular weight is 271 g/mol. The highest BCUT2D eigenvalue weighted by Gasteiger charge is 2.06. The predicted octanol–water partition coefficient (Wildman–Crippen LogP) is 4.00. The Bertz CT molecular complexity index is 546. The van der Waals surface area contributed by atoms with E-state index in [2.05, 4.69) is 40.9 Å². The van der Waals surface area contributed by atoms with E-state index >= 15 is 0 Å². The smallest absolute Gasteiger partial charge is 0.220 e. The first kappa shape index (κ1) is 13.6. The van der Waals surface area contributed by atoms with Crippen molar-refractivity contribution >= 4 is 17.2 Å². The van der Waals surface area contributed by atoms with Crippen molar-refractivity contribution in [3.8, 4) is 11.1 Å². The lowest BCUT2D eigenvalue weighted by Gasteiger charge is -2.09. The molecule has 0 aliphatic carbocycles. The topological polar surface area (TPSA) is 29.1 Å². The third kappa shape index (κ3) is 3.80. The van der Waals surface area contributed by atoms with Crippen LogP contribution in [0.15, 0.2) is 53.7 Å². The Labute approximate surface area is 117 Å². The van der Waals surface area contributed by atoms with Crippen LogP contribution >= 0.6 is 11.3 Å². The molecule has 0 fully saturated rings. The second-order valence-corrected chi connectivity index (χ2v) is 5.05. The summed E-state index contributed by atoms with van der Waals surface area (Å²) in [5.41, 5.74) is 3.54. The van der Waals surface area contributed by atoms with Gasteiger partial charge in [0.1, 0.15) is 0 Å². The molecule has 0 unspecified atom stereocenters. The third-order valence-electron chi connectivity index (χ3n) is 2.90. The minimum Gasteiger partial charge on any atom is -0.352 e. The Balaban J connectivity index is 2.05. The Morgan fingerprint density at radius 3 is 2.89 bits per heavy atom. The zero-order chi connectivity index (χ0) is 13.5. The van der Waals surface area contributed by atoms with Crippen molar-refractivity contribution in [2.45, 2.75) is 19.4 Å². The van der Waals surface area contributed by atoms with Gasteiger partial charge in [-0.05, 0) is 39.9 Å². The Kier molecular flexibility index (Phi) is 4.93. The van der Waals surface area contributed by atoms with Crippen LogP contribution in [0.5, 0.6) is 0 Å². The number of rotatable bonds is 6. The lowest BCUT2D eigenvalue weighted by molar-refractivity contribution is -0.121. The molecule has 1 heterocycles. The fourth-order valence-corrected chi connectivity index (χ4v) is 2.55. The second-order valence-electron chi connectivity index (χ2n) is 4.27. The van der Waals surface area contributed by atoms with E-state index in [0.29, 0.717) is 13.0 Å². The summed E-state index contributed by atoms with van der Waals surface area (Å²) in [6.07, 6.45) is 2.99. The van der Waals surface area contributed by atoms with E-state index in [9.17, 15) is 4.79 Å². The summed E-state index contributed by atoms with van der Waals surface area (Å²) >= 11 is 1.68. The van der Waals surface area contributed by atoms with Gasteiger partial charge in [0.2, 0.25) is 5.91 Å². The van der Waals surface area contributed by atoms with E-state index < -0.39 is 0 Å². The molecule has 0 saturated heterocycles. The van der Waals surface area contributed by atoms with Crippen LogP contribution in [0.3, 0.4) is 0 Å². The summed E-state index contributed by atoms with van der Waals surface area (Å²) in [4.78, 5) is 11.6. The molecule has 0 bridgehead atoms. The van der Waals surface area contributed by atoms with Crippen molar-refractivity contribution in [2.75, 3.05) is 0 Å². The molecule has 19 heavy (non-hydrogen) atoms. The molecule has 2 aromatic rings. The fourth-order valence-electron chi connectivity index (χ4n) is 1.89. The van der Waals surface area contributed by atoms with Crippen LogP contribution in [-0.2, 0) is 11.3 Å². The minimum absolute atomic E-state index is 0.0695. The van der Waals surface area contributed by atoms with Crippen molar-refractivity contribution in [2.24, 2.45) is 0 Å². The van der Waals surface area contributed by atoms with E-state index in [1.54, 1.807) is 17.4 Å². The Morgan fingerprint density at radius 1 is 1.32 bits per heavy atom. The number of nitrogens with one attached hydrogen (secondary N) is 1. The summed E-state index contributed by atoms with van der Waals surface area (Å²) in [5.74, 6) is 0.0695. The van der Waals surface area contributed by atoms with Gasteiger partial charge in [0.05, 0.1) is 0 Å². The average Bonchev–Trinajstić information content (AvgIpc) is 2.97. The van der Waals surface area contributed by atoms with E-state index in [1.165, 1.54) is 11.1 Å². The molecule has 1 aromatic carbocycles. The molecule has 0 saturated carbocycles. The molecular formula is C16H17NOS. The number of carbonyl (C=O) groups is 1. The highest BCUT2D eigenvalue weighted by Crippen LogP contribution is 2.25. The molecule has 1 amide bonds. The van der Waals surface area contributed by atoms with Crippen LogP contribution in [0.4, 0.5) is 0 Å². The van der Waals surface area contributed by atoms with Gasteiger partial charge in [-0.1, -0.05) is 30.3 Å². The van der Waals surface area contributed by atoms with Gasteiger partial charge in [0.25, 0.3) is 0 Å². The zero-order valence-corrected chi connectivity index (χ0v) is 11.6. The molecule has 98 valence electrons. The second kappa shape index (κ2) is 6.90. The molecule has 0 atom stereocenters. The van der Waals surface area contributed by atoms with Gasteiger partial charge in [-0.15, -0.1) is 6.58 Å². The molecule has 1 N–H and O–H groups in total. The molecule has 1 aromatic heterocycles. The maximum atomic E-state index is 11.6. The molecule has 0 aliphatic rings. The highest BCUT2D eigenvalue weighted by atomic mass is 32.1. The van der Waals surface area contributed by atoms with Gasteiger partial charge in [0.15, 0.2) is 0 Å². The maximum absolute atomic E-state index is 11.6. The number of allylic oxidation sites excluding steroid dienone is 1. The summed E-state index contributed by atoms with van der Waals surface area (Å²) < 4.78 is 0. The van der Waals surface area contributed by atoms with Crippen LogP contribution in [0, 0.1) is 0 Å². The summed E-state index contributed by atoms with van der Waals surface area (Å²) in [5, 5.41) is 7.14. The zero-order valence-electron chi connectivity index (χ0n) is 10.8. The monoisotopic (exact) mass is 271 g/mol. The first-order chi connectivity index (χ1) is 9.31. The first-order valence-electron chi connectivity index (χ1n) is 6.29. The van der Waals surface area contributed by atoms with Gasteiger partial charge < -0.3 is 5.32 Å². The van der Waals surface area contributed by atoms with Gasteiger partial charge in [-0.25, -0.2) is 0 Å². The van der Waals surface area contributed by atoms with Crippen molar-refractivity contribution in [1.29, 1.82) is 0 Å². The lowest BCUT2D eigenvalue weighted by atomic mass is 10.0. The highest BCUT2D eigenvalue weighted by molar-refractivity contribution is 7.08. The van der Waals surface area contributed by atoms with E-state index in [1.807, 2.05) is 12.1 Å². The van der Waals surface area contributed by atoms with E-state index in [4.69, 9.17) is 0 Å². The number of amides is 1. The van der Waals surface area contributed by atoms with E-state index in [0.717, 1.165) is 12.0 Å². The predicted molar refractivity (Wildman–Crippen MR) is 81.0 cm³/mol. The molecule has 2 rings (SSSR count). The summed E-state index contributed by atoms with van der Waals surface area (Å²) in [6.45, 7) is 4.19. The van der Waals surface area contributed by atoms with Gasteiger partial charge in [-0.3, -0.25) is 4.79 Å². The lowest BCUT2D eigenvalue weighted by Crippen LogP contribution is -2.22. The number of thiophene rings is 1. The summed E-state index contributed by atoms with van der Waals surface area (Å²) in [6, 6.07) is 10.3. The van der Waals surface area contributed by atoms with Crippen LogP contribution in [0.2, 0.25) is 0 Å². The molecule has 3 heteroatoms. The number of carbonyl (C=O) groups excluding carboxylic acids is 1. The van der Waals surface area contributed by atoms with Crippen molar-refractivity contribution in [1.82, 2.24) is 5.32 Å². The van der Waals surface area contributed by atoms with Crippen molar-refractivity contribution in [3.63, 3.8) is 0 Å². The molecule has 0 spiro atoms. The first-order valence-corrected chi connectivity index (χ1v) is 7.23. The number of hydrogen-bond donors (Lipinski definition) is 1.